The Morgan fingerprint density at radius 1 is 1.03 bits per heavy atom. The van der Waals surface area contributed by atoms with E-state index in [9.17, 15) is 41.0 Å². The second kappa shape index (κ2) is 8.71. The monoisotopic (exact) mass is 494 g/mol. The first-order valence-corrected chi connectivity index (χ1v) is 10.2. The minimum absolute atomic E-state index is 0.0619. The molecule has 1 aliphatic carbocycles. The van der Waals surface area contributed by atoms with Gasteiger partial charge in [0.25, 0.3) is 6.43 Å². The van der Waals surface area contributed by atoms with Crippen molar-refractivity contribution in [2.24, 2.45) is 0 Å². The topological polar surface area (TPSA) is 79.3 Å². The third-order valence-electron chi connectivity index (χ3n) is 5.83. The number of hydrogen-bond acceptors (Lipinski definition) is 3. The molecule has 0 spiro atoms. The van der Waals surface area contributed by atoms with Crippen molar-refractivity contribution in [3.63, 3.8) is 0 Å². The fourth-order valence-corrected chi connectivity index (χ4v) is 3.82. The molecule has 0 saturated heterocycles. The van der Waals surface area contributed by atoms with Gasteiger partial charge in [0.1, 0.15) is 11.5 Å². The van der Waals surface area contributed by atoms with E-state index in [4.69, 9.17) is 0 Å². The van der Waals surface area contributed by atoms with Gasteiger partial charge in [0, 0.05) is 23.0 Å². The van der Waals surface area contributed by atoms with Crippen molar-refractivity contribution in [1.82, 2.24) is 4.98 Å². The Morgan fingerprint density at radius 3 is 2.26 bits per heavy atom. The van der Waals surface area contributed by atoms with Crippen LogP contribution in [0, 0.1) is 5.82 Å². The third kappa shape index (κ3) is 4.71. The number of nitrogens with one attached hydrogen (secondary N) is 1. The van der Waals surface area contributed by atoms with Crippen molar-refractivity contribution < 1.29 is 41.0 Å². The molecule has 182 valence electrons. The van der Waals surface area contributed by atoms with Crippen LogP contribution in [0.25, 0.3) is 11.1 Å². The maximum atomic E-state index is 14.5. The molecule has 1 heterocycles. The molecular formula is C24H16F6N2O3. The van der Waals surface area contributed by atoms with Gasteiger partial charge < -0.3 is 10.4 Å². The van der Waals surface area contributed by atoms with Crippen molar-refractivity contribution in [3.8, 4) is 11.1 Å². The second-order valence-corrected chi connectivity index (χ2v) is 8.07. The van der Waals surface area contributed by atoms with Gasteiger partial charge in [-0.2, -0.15) is 13.2 Å². The zero-order chi connectivity index (χ0) is 25.5. The quantitative estimate of drug-likeness (QED) is 0.399. The van der Waals surface area contributed by atoms with Gasteiger partial charge >= 0.3 is 12.1 Å². The number of carbonyl (C=O) groups excluding carboxylic acids is 1. The highest BCUT2D eigenvalue weighted by atomic mass is 19.4. The highest BCUT2D eigenvalue weighted by Crippen LogP contribution is 2.50. The number of halogens is 6. The SMILES string of the molecule is O=C(O)c1cc(NC(=O)C2(c3ccc(C(F)(F)F)cc3F)CC2)ccc1-c1ccc(C(F)F)nc1. The largest absolute Gasteiger partial charge is 0.478 e. The van der Waals surface area contributed by atoms with Crippen LogP contribution in [0.1, 0.15) is 46.4 Å². The number of nitrogens with zero attached hydrogens (tertiary/aromatic N) is 1. The Bertz CT molecular complexity index is 1300. The summed E-state index contributed by atoms with van der Waals surface area (Å²) in [6.45, 7) is 0. The van der Waals surface area contributed by atoms with E-state index in [0.29, 0.717) is 12.1 Å². The van der Waals surface area contributed by atoms with Gasteiger partial charge in [-0.05, 0) is 48.7 Å². The highest BCUT2D eigenvalue weighted by molar-refractivity contribution is 6.03. The number of carbonyl (C=O) groups is 2. The molecule has 1 fully saturated rings. The number of carboxylic acid groups (broad SMARTS) is 1. The van der Waals surface area contributed by atoms with Crippen molar-refractivity contribution in [1.29, 1.82) is 0 Å². The minimum Gasteiger partial charge on any atom is -0.478 e. The molecule has 35 heavy (non-hydrogen) atoms. The number of rotatable bonds is 6. The van der Waals surface area contributed by atoms with Gasteiger partial charge in [0.2, 0.25) is 5.91 Å². The summed E-state index contributed by atoms with van der Waals surface area (Å²) in [5, 5.41) is 12.1. The molecule has 0 aliphatic heterocycles. The molecule has 3 aromatic rings. The lowest BCUT2D eigenvalue weighted by molar-refractivity contribution is -0.137. The number of benzene rings is 2. The van der Waals surface area contributed by atoms with E-state index in [1.807, 2.05) is 0 Å². The number of pyridine rings is 1. The predicted octanol–water partition coefficient (Wildman–Crippen LogP) is 6.21. The Balaban J connectivity index is 1.60. The summed E-state index contributed by atoms with van der Waals surface area (Å²) in [6, 6.07) is 8.22. The van der Waals surface area contributed by atoms with Gasteiger partial charge in [-0.25, -0.2) is 18.0 Å². The van der Waals surface area contributed by atoms with E-state index in [0.717, 1.165) is 24.4 Å². The lowest BCUT2D eigenvalue weighted by Gasteiger charge is -2.18. The van der Waals surface area contributed by atoms with Crippen LogP contribution in [0.5, 0.6) is 0 Å². The van der Waals surface area contributed by atoms with Crippen LogP contribution in [-0.2, 0) is 16.4 Å². The summed E-state index contributed by atoms with van der Waals surface area (Å²) in [4.78, 5) is 28.4. The zero-order valence-corrected chi connectivity index (χ0v) is 17.7. The molecule has 1 aliphatic rings. The first-order chi connectivity index (χ1) is 16.4. The third-order valence-corrected chi connectivity index (χ3v) is 5.83. The predicted molar refractivity (Wildman–Crippen MR) is 113 cm³/mol. The van der Waals surface area contributed by atoms with Crippen LogP contribution in [0.15, 0.2) is 54.7 Å². The molecule has 1 amide bonds. The summed E-state index contributed by atoms with van der Waals surface area (Å²) in [5.41, 5.74) is -2.96. The number of hydrogen-bond donors (Lipinski definition) is 2. The summed E-state index contributed by atoms with van der Waals surface area (Å²) in [6.07, 6.45) is -6.01. The number of alkyl halides is 5. The van der Waals surface area contributed by atoms with E-state index < -0.39 is 47.0 Å². The lowest BCUT2D eigenvalue weighted by atomic mass is 9.93. The normalized spacial score (nSPS) is 14.6. The fraction of sp³-hybridized carbons (Fsp3) is 0.208. The van der Waals surface area contributed by atoms with Gasteiger partial charge in [0.15, 0.2) is 0 Å². The van der Waals surface area contributed by atoms with E-state index >= 15 is 0 Å². The fourth-order valence-electron chi connectivity index (χ4n) is 3.82. The number of aromatic nitrogens is 1. The number of aromatic carboxylic acids is 1. The minimum atomic E-state index is -4.73. The van der Waals surface area contributed by atoms with Gasteiger partial charge in [-0.3, -0.25) is 9.78 Å². The van der Waals surface area contributed by atoms with Crippen molar-refractivity contribution >= 4 is 17.6 Å². The molecule has 4 rings (SSSR count). The van der Waals surface area contributed by atoms with Gasteiger partial charge in [-0.15, -0.1) is 0 Å². The van der Waals surface area contributed by atoms with Crippen LogP contribution >= 0.6 is 0 Å². The van der Waals surface area contributed by atoms with Crippen LogP contribution < -0.4 is 5.32 Å². The van der Waals surface area contributed by atoms with Crippen molar-refractivity contribution in [2.75, 3.05) is 5.32 Å². The highest BCUT2D eigenvalue weighted by Gasteiger charge is 2.53. The molecule has 0 unspecified atom stereocenters. The number of anilines is 1. The molecule has 1 aromatic heterocycles. The van der Waals surface area contributed by atoms with E-state index in [2.05, 4.69) is 10.3 Å². The number of amides is 1. The average Bonchev–Trinajstić information content (AvgIpc) is 3.60. The number of carboxylic acids is 1. The summed E-state index contributed by atoms with van der Waals surface area (Å²) in [5.74, 6) is -3.21. The first-order valence-electron chi connectivity index (χ1n) is 10.2. The zero-order valence-electron chi connectivity index (χ0n) is 17.7. The van der Waals surface area contributed by atoms with Gasteiger partial charge in [0.05, 0.1) is 16.5 Å². The molecule has 0 atom stereocenters. The van der Waals surface area contributed by atoms with Crippen LogP contribution in [0.3, 0.4) is 0 Å². The smallest absolute Gasteiger partial charge is 0.416 e. The molecule has 2 aromatic carbocycles. The molecule has 11 heteroatoms. The van der Waals surface area contributed by atoms with E-state index in [1.54, 1.807) is 0 Å². The second-order valence-electron chi connectivity index (χ2n) is 8.07. The van der Waals surface area contributed by atoms with Crippen molar-refractivity contribution in [2.45, 2.75) is 30.9 Å². The first kappa shape index (κ1) is 24.2. The van der Waals surface area contributed by atoms with Crippen LogP contribution in [0.4, 0.5) is 32.0 Å². The van der Waals surface area contributed by atoms with Crippen LogP contribution in [0.2, 0.25) is 0 Å². The maximum absolute atomic E-state index is 14.5. The summed E-state index contributed by atoms with van der Waals surface area (Å²) < 4.78 is 78.5. The Kier molecular flexibility index (Phi) is 6.04. The van der Waals surface area contributed by atoms with E-state index in [-0.39, 0.29) is 40.8 Å². The molecule has 0 bridgehead atoms. The van der Waals surface area contributed by atoms with Gasteiger partial charge in [-0.1, -0.05) is 18.2 Å². The molecule has 0 radical (unpaired) electrons. The van der Waals surface area contributed by atoms with Crippen molar-refractivity contribution in [3.05, 3.63) is 82.9 Å². The maximum Gasteiger partial charge on any atom is 0.416 e. The Morgan fingerprint density at radius 2 is 1.74 bits per heavy atom. The summed E-state index contributed by atoms with van der Waals surface area (Å²) >= 11 is 0. The molecule has 5 nitrogen and oxygen atoms in total. The standard InChI is InChI=1S/C24H16F6N2O3/c25-18-9-13(24(28,29)30)2-5-17(18)23(7-8-23)22(35)32-14-3-4-15(16(10-14)21(33)34)12-1-6-19(20(26)27)31-11-12/h1-6,9-11,20H,7-8H2,(H,32,35)(H,33,34). The molecular weight excluding hydrogens is 478 g/mol. The lowest BCUT2D eigenvalue weighted by Crippen LogP contribution is -2.29. The van der Waals surface area contributed by atoms with E-state index in [1.165, 1.54) is 18.2 Å². The Labute approximate surface area is 194 Å². The molecule has 2 N–H and O–H groups in total. The average molecular weight is 494 g/mol. The Hall–Kier alpha value is -3.89. The molecule has 1 saturated carbocycles. The van der Waals surface area contributed by atoms with Crippen LogP contribution in [-0.4, -0.2) is 22.0 Å². The summed E-state index contributed by atoms with van der Waals surface area (Å²) in [7, 11) is 0.